The van der Waals surface area contributed by atoms with Gasteiger partial charge in [-0.15, -0.1) is 0 Å². The SMILES string of the molecule is COCOc1c(Br)cc(C(C)(C)C)cc1-c1ccccc1. The quantitative estimate of drug-likeness (QED) is 0.689. The van der Waals surface area contributed by atoms with Crippen molar-refractivity contribution in [3.8, 4) is 16.9 Å². The molecule has 2 rings (SSSR count). The van der Waals surface area contributed by atoms with E-state index in [0.717, 1.165) is 21.3 Å². The molecule has 0 aliphatic heterocycles. The van der Waals surface area contributed by atoms with Crippen molar-refractivity contribution in [2.24, 2.45) is 0 Å². The number of halogens is 1. The molecule has 0 N–H and O–H groups in total. The molecule has 3 heteroatoms. The molecule has 0 fully saturated rings. The minimum Gasteiger partial charge on any atom is -0.466 e. The molecule has 2 aromatic rings. The maximum atomic E-state index is 5.77. The summed E-state index contributed by atoms with van der Waals surface area (Å²) in [5, 5.41) is 0. The molecule has 0 spiro atoms. The minimum atomic E-state index is 0.0752. The van der Waals surface area contributed by atoms with Crippen LogP contribution < -0.4 is 4.74 Å². The molecule has 0 heterocycles. The van der Waals surface area contributed by atoms with Gasteiger partial charge in [0.2, 0.25) is 0 Å². The Bertz CT molecular complexity index is 601. The summed E-state index contributed by atoms with van der Waals surface area (Å²) in [7, 11) is 1.62. The van der Waals surface area contributed by atoms with Crippen LogP contribution in [0.5, 0.6) is 5.75 Å². The molecule has 0 saturated carbocycles. The first-order valence-corrected chi connectivity index (χ1v) is 7.74. The van der Waals surface area contributed by atoms with Gasteiger partial charge in [0.15, 0.2) is 6.79 Å². The summed E-state index contributed by atoms with van der Waals surface area (Å²) in [5.74, 6) is 0.816. The van der Waals surface area contributed by atoms with Gasteiger partial charge < -0.3 is 9.47 Å². The van der Waals surface area contributed by atoms with Crippen molar-refractivity contribution < 1.29 is 9.47 Å². The van der Waals surface area contributed by atoms with E-state index in [0.29, 0.717) is 0 Å². The van der Waals surface area contributed by atoms with Gasteiger partial charge in [-0.2, -0.15) is 0 Å². The normalized spacial score (nSPS) is 11.5. The average molecular weight is 349 g/mol. The van der Waals surface area contributed by atoms with Crippen molar-refractivity contribution in [1.82, 2.24) is 0 Å². The maximum Gasteiger partial charge on any atom is 0.188 e. The van der Waals surface area contributed by atoms with Crippen LogP contribution in [-0.4, -0.2) is 13.9 Å². The maximum absolute atomic E-state index is 5.77. The van der Waals surface area contributed by atoms with E-state index < -0.39 is 0 Å². The van der Waals surface area contributed by atoms with Crippen molar-refractivity contribution in [3.63, 3.8) is 0 Å². The third-order valence-electron chi connectivity index (χ3n) is 3.32. The second-order valence-electron chi connectivity index (χ2n) is 6.00. The van der Waals surface area contributed by atoms with Crippen LogP contribution in [0, 0.1) is 0 Å². The molecule has 21 heavy (non-hydrogen) atoms. The van der Waals surface area contributed by atoms with Gasteiger partial charge in [-0.05, 0) is 44.6 Å². The Morgan fingerprint density at radius 2 is 1.71 bits per heavy atom. The molecule has 0 saturated heterocycles. The van der Waals surface area contributed by atoms with Gasteiger partial charge in [0.1, 0.15) is 5.75 Å². The van der Waals surface area contributed by atoms with Crippen molar-refractivity contribution in [3.05, 3.63) is 52.5 Å². The number of benzene rings is 2. The summed E-state index contributed by atoms with van der Waals surface area (Å²) in [6, 6.07) is 14.6. The lowest BCUT2D eigenvalue weighted by molar-refractivity contribution is 0.0510. The Hall–Kier alpha value is -1.32. The molecule has 0 aliphatic carbocycles. The highest BCUT2D eigenvalue weighted by atomic mass is 79.9. The predicted octanol–water partition coefficient (Wildman–Crippen LogP) is 5.40. The lowest BCUT2D eigenvalue weighted by atomic mass is 9.85. The molecule has 2 nitrogen and oxygen atoms in total. The number of rotatable bonds is 4. The van der Waals surface area contributed by atoms with E-state index in [1.807, 2.05) is 18.2 Å². The molecule has 0 atom stereocenters. The van der Waals surface area contributed by atoms with E-state index in [1.54, 1.807) is 7.11 Å². The zero-order valence-electron chi connectivity index (χ0n) is 12.9. The van der Waals surface area contributed by atoms with Crippen LogP contribution in [0.3, 0.4) is 0 Å². The van der Waals surface area contributed by atoms with Crippen molar-refractivity contribution in [2.75, 3.05) is 13.9 Å². The summed E-state index contributed by atoms with van der Waals surface area (Å²) in [6.07, 6.45) is 0. The largest absolute Gasteiger partial charge is 0.466 e. The third-order valence-corrected chi connectivity index (χ3v) is 3.90. The average Bonchev–Trinajstić information content (AvgIpc) is 2.45. The van der Waals surface area contributed by atoms with Crippen LogP contribution >= 0.6 is 15.9 Å². The predicted molar refractivity (Wildman–Crippen MR) is 90.8 cm³/mol. The van der Waals surface area contributed by atoms with Gasteiger partial charge in [-0.3, -0.25) is 0 Å². The molecule has 0 aliphatic rings. The fourth-order valence-corrected chi connectivity index (χ4v) is 2.70. The Morgan fingerprint density at radius 1 is 1.05 bits per heavy atom. The fraction of sp³-hybridized carbons (Fsp3) is 0.333. The Morgan fingerprint density at radius 3 is 2.29 bits per heavy atom. The lowest BCUT2D eigenvalue weighted by Crippen LogP contribution is -2.12. The standard InChI is InChI=1S/C18H21BrO2/c1-18(2,3)14-10-15(13-8-6-5-7-9-13)17(16(19)11-14)21-12-20-4/h5-11H,12H2,1-4H3. The highest BCUT2D eigenvalue weighted by Gasteiger charge is 2.19. The van der Waals surface area contributed by atoms with Crippen LogP contribution in [0.25, 0.3) is 11.1 Å². The summed E-state index contributed by atoms with van der Waals surface area (Å²) in [4.78, 5) is 0. The number of hydrogen-bond acceptors (Lipinski definition) is 2. The van der Waals surface area contributed by atoms with Crippen LogP contribution in [0.4, 0.5) is 0 Å². The fourth-order valence-electron chi connectivity index (χ4n) is 2.12. The molecule has 112 valence electrons. The summed E-state index contributed by atoms with van der Waals surface area (Å²) < 4.78 is 11.8. The van der Waals surface area contributed by atoms with Crippen molar-refractivity contribution in [1.29, 1.82) is 0 Å². The number of methoxy groups -OCH3 is 1. The van der Waals surface area contributed by atoms with Crippen LogP contribution in [0.2, 0.25) is 0 Å². The smallest absolute Gasteiger partial charge is 0.188 e. The van der Waals surface area contributed by atoms with E-state index in [1.165, 1.54) is 5.56 Å². The van der Waals surface area contributed by atoms with E-state index in [9.17, 15) is 0 Å². The van der Waals surface area contributed by atoms with E-state index in [2.05, 4.69) is 61.0 Å². The molecule has 0 bridgehead atoms. The van der Waals surface area contributed by atoms with E-state index >= 15 is 0 Å². The molecule has 0 unspecified atom stereocenters. The lowest BCUT2D eigenvalue weighted by Gasteiger charge is -2.23. The van der Waals surface area contributed by atoms with Crippen LogP contribution in [0.1, 0.15) is 26.3 Å². The van der Waals surface area contributed by atoms with Gasteiger partial charge in [0, 0.05) is 12.7 Å². The second kappa shape index (κ2) is 6.63. The van der Waals surface area contributed by atoms with E-state index in [4.69, 9.17) is 9.47 Å². The number of hydrogen-bond donors (Lipinski definition) is 0. The Labute approximate surface area is 135 Å². The highest BCUT2D eigenvalue weighted by molar-refractivity contribution is 9.10. The third kappa shape index (κ3) is 3.86. The highest BCUT2D eigenvalue weighted by Crippen LogP contribution is 2.40. The second-order valence-corrected chi connectivity index (χ2v) is 6.86. The minimum absolute atomic E-state index is 0.0752. The monoisotopic (exact) mass is 348 g/mol. The first-order chi connectivity index (χ1) is 9.93. The molecule has 0 radical (unpaired) electrons. The molecule has 0 aromatic heterocycles. The zero-order valence-corrected chi connectivity index (χ0v) is 14.5. The topological polar surface area (TPSA) is 18.5 Å². The van der Waals surface area contributed by atoms with Gasteiger partial charge in [0.25, 0.3) is 0 Å². The Kier molecular flexibility index (Phi) is 5.07. The van der Waals surface area contributed by atoms with Crippen LogP contribution in [-0.2, 0) is 10.2 Å². The molecular weight excluding hydrogens is 328 g/mol. The van der Waals surface area contributed by atoms with Crippen molar-refractivity contribution in [2.45, 2.75) is 26.2 Å². The molecular formula is C18H21BrO2. The summed E-state index contributed by atoms with van der Waals surface area (Å²) >= 11 is 3.64. The number of ether oxygens (including phenoxy) is 2. The molecule has 2 aromatic carbocycles. The van der Waals surface area contributed by atoms with E-state index in [-0.39, 0.29) is 12.2 Å². The van der Waals surface area contributed by atoms with Crippen molar-refractivity contribution >= 4 is 15.9 Å². The summed E-state index contributed by atoms with van der Waals surface area (Å²) in [5.41, 5.74) is 3.55. The van der Waals surface area contributed by atoms with Crippen LogP contribution in [0.15, 0.2) is 46.9 Å². The van der Waals surface area contributed by atoms with Gasteiger partial charge >= 0.3 is 0 Å². The Balaban J connectivity index is 2.59. The first-order valence-electron chi connectivity index (χ1n) is 6.94. The summed E-state index contributed by atoms with van der Waals surface area (Å²) in [6.45, 7) is 6.85. The molecule has 0 amide bonds. The van der Waals surface area contributed by atoms with Gasteiger partial charge in [0.05, 0.1) is 4.47 Å². The zero-order chi connectivity index (χ0) is 15.5. The first kappa shape index (κ1) is 16.1. The van der Waals surface area contributed by atoms with Gasteiger partial charge in [-0.25, -0.2) is 0 Å². The van der Waals surface area contributed by atoms with Gasteiger partial charge in [-0.1, -0.05) is 51.1 Å².